The maximum absolute atomic E-state index is 14.8. The number of rotatable bonds is 4. The lowest BCUT2D eigenvalue weighted by molar-refractivity contribution is -0.141. The Morgan fingerprint density at radius 3 is 2.19 bits per heavy atom. The Morgan fingerprint density at radius 2 is 1.59 bits per heavy atom. The van der Waals surface area contributed by atoms with Crippen LogP contribution in [-0.2, 0) is 6.18 Å². The van der Waals surface area contributed by atoms with Gasteiger partial charge in [-0.25, -0.2) is 4.39 Å². The molecule has 0 atom stereocenters. The molecule has 0 radical (unpaired) electrons. The molecule has 0 aliphatic heterocycles. The van der Waals surface area contributed by atoms with Gasteiger partial charge < -0.3 is 4.74 Å². The molecule has 1 fully saturated rings. The van der Waals surface area contributed by atoms with Gasteiger partial charge in [-0.2, -0.15) is 13.2 Å². The third-order valence-electron chi connectivity index (χ3n) is 5.36. The lowest BCUT2D eigenvalue weighted by atomic mass is 9.83. The van der Waals surface area contributed by atoms with Crippen LogP contribution in [0.2, 0.25) is 0 Å². The Balaban J connectivity index is 1.88. The summed E-state index contributed by atoms with van der Waals surface area (Å²) in [5.41, 5.74) is -0.0145. The predicted octanol–water partition coefficient (Wildman–Crippen LogP) is 7.03. The fraction of sp³-hybridized carbons (Fsp3) is 0.455. The van der Waals surface area contributed by atoms with Crippen LogP contribution in [0.3, 0.4) is 0 Å². The highest BCUT2D eigenvalue weighted by atomic mass is 19.4. The van der Waals surface area contributed by atoms with E-state index in [4.69, 9.17) is 4.74 Å². The minimum Gasteiger partial charge on any atom is -0.493 e. The normalized spacial score (nSPS) is 20.5. The third-order valence-corrected chi connectivity index (χ3v) is 5.36. The number of aryl methyl sites for hydroxylation is 1. The lowest BCUT2D eigenvalue weighted by Gasteiger charge is -2.26. The van der Waals surface area contributed by atoms with E-state index in [0.717, 1.165) is 31.2 Å². The number of hydrogen-bond acceptors (Lipinski definition) is 1. The molecule has 0 N–H and O–H groups in total. The summed E-state index contributed by atoms with van der Waals surface area (Å²) in [6, 6.07) is 9.35. The molecule has 3 rings (SSSR count). The smallest absolute Gasteiger partial charge is 0.422 e. The van der Waals surface area contributed by atoms with Crippen molar-refractivity contribution in [2.24, 2.45) is 11.8 Å². The van der Waals surface area contributed by atoms with E-state index in [9.17, 15) is 17.6 Å². The van der Waals surface area contributed by atoms with Gasteiger partial charge in [-0.1, -0.05) is 49.6 Å². The first-order valence-corrected chi connectivity index (χ1v) is 9.35. The quantitative estimate of drug-likeness (QED) is 0.518. The van der Waals surface area contributed by atoms with Crippen molar-refractivity contribution in [3.05, 3.63) is 53.3 Å². The first kappa shape index (κ1) is 19.7. The Hall–Kier alpha value is -2.04. The van der Waals surface area contributed by atoms with Crippen LogP contribution >= 0.6 is 0 Å². The molecule has 1 aliphatic carbocycles. The average Bonchev–Trinajstić information content (AvgIpc) is 2.61. The molecule has 146 valence electrons. The molecule has 0 saturated heterocycles. The highest BCUT2D eigenvalue weighted by Gasteiger charge is 2.39. The molecular weight excluding hydrogens is 356 g/mol. The average molecular weight is 380 g/mol. The van der Waals surface area contributed by atoms with E-state index in [1.807, 2.05) is 6.92 Å². The molecule has 0 aromatic heterocycles. The van der Waals surface area contributed by atoms with Crippen LogP contribution in [0.25, 0.3) is 11.1 Å². The van der Waals surface area contributed by atoms with Crippen molar-refractivity contribution in [3.8, 4) is 16.9 Å². The zero-order valence-corrected chi connectivity index (χ0v) is 15.6. The predicted molar refractivity (Wildman–Crippen MR) is 98.2 cm³/mol. The molecule has 1 aliphatic rings. The van der Waals surface area contributed by atoms with Gasteiger partial charge in [-0.15, -0.1) is 0 Å². The second-order valence-corrected chi connectivity index (χ2v) is 7.60. The van der Waals surface area contributed by atoms with Gasteiger partial charge in [-0.3, -0.25) is 0 Å². The summed E-state index contributed by atoms with van der Waals surface area (Å²) in [4.78, 5) is 0. The van der Waals surface area contributed by atoms with Crippen LogP contribution in [0.15, 0.2) is 36.4 Å². The van der Waals surface area contributed by atoms with Crippen molar-refractivity contribution in [2.45, 2.75) is 45.7 Å². The molecule has 0 unspecified atom stereocenters. The van der Waals surface area contributed by atoms with Gasteiger partial charge >= 0.3 is 6.18 Å². The summed E-state index contributed by atoms with van der Waals surface area (Å²) in [6.45, 7) is 4.24. The Labute approximate surface area is 157 Å². The molecule has 5 heteroatoms. The first-order chi connectivity index (χ1) is 12.8. The second-order valence-electron chi connectivity index (χ2n) is 7.60. The molecule has 0 heterocycles. The van der Waals surface area contributed by atoms with Crippen molar-refractivity contribution in [1.29, 1.82) is 0 Å². The molecule has 2 aromatic rings. The van der Waals surface area contributed by atoms with E-state index in [1.165, 1.54) is 12.1 Å². The third kappa shape index (κ3) is 4.63. The van der Waals surface area contributed by atoms with Gasteiger partial charge in [0.2, 0.25) is 0 Å². The molecule has 0 bridgehead atoms. The Morgan fingerprint density at radius 1 is 0.963 bits per heavy atom. The highest BCUT2D eigenvalue weighted by molar-refractivity contribution is 5.67. The van der Waals surface area contributed by atoms with E-state index in [0.29, 0.717) is 11.5 Å². The number of halogens is 4. The maximum Gasteiger partial charge on any atom is 0.422 e. The van der Waals surface area contributed by atoms with Gasteiger partial charge in [0.05, 0.1) is 6.61 Å². The summed E-state index contributed by atoms with van der Waals surface area (Å²) >= 11 is 0. The zero-order chi connectivity index (χ0) is 19.6. The monoisotopic (exact) mass is 380 g/mol. The van der Waals surface area contributed by atoms with Gasteiger partial charge in [-0.05, 0) is 49.3 Å². The zero-order valence-electron chi connectivity index (χ0n) is 15.6. The van der Waals surface area contributed by atoms with Crippen LogP contribution in [0.4, 0.5) is 17.6 Å². The summed E-state index contributed by atoms with van der Waals surface area (Å²) in [5.74, 6) is -0.823. The number of ether oxygens (including phenoxy) is 1. The van der Waals surface area contributed by atoms with E-state index in [-0.39, 0.29) is 18.1 Å². The minimum atomic E-state index is -4.82. The molecule has 2 aromatic carbocycles. The van der Waals surface area contributed by atoms with Crippen molar-refractivity contribution in [1.82, 2.24) is 0 Å². The van der Waals surface area contributed by atoms with Crippen LogP contribution < -0.4 is 4.74 Å². The van der Waals surface area contributed by atoms with E-state index in [1.54, 1.807) is 24.3 Å². The number of hydrogen-bond donors (Lipinski definition) is 0. The van der Waals surface area contributed by atoms with Gasteiger partial charge in [0, 0.05) is 5.56 Å². The van der Waals surface area contributed by atoms with Gasteiger partial charge in [0.15, 0.2) is 0 Å². The summed E-state index contributed by atoms with van der Waals surface area (Å²) in [6.07, 6.45) is -0.831. The van der Waals surface area contributed by atoms with Gasteiger partial charge in [0.1, 0.15) is 17.1 Å². The highest BCUT2D eigenvalue weighted by Crippen LogP contribution is 2.42. The van der Waals surface area contributed by atoms with E-state index < -0.39 is 23.3 Å². The largest absolute Gasteiger partial charge is 0.493 e. The molecule has 0 amide bonds. The molecule has 1 nitrogen and oxygen atoms in total. The second kappa shape index (κ2) is 7.91. The first-order valence-electron chi connectivity index (χ1n) is 9.35. The SMILES string of the molecule is Cc1ccc(-c2ccc(OCC3CCC(C)CC3)c(C(F)(F)F)c2F)cc1. The number of benzene rings is 2. The minimum absolute atomic E-state index is 0.0684. The summed E-state index contributed by atoms with van der Waals surface area (Å²) < 4.78 is 61.0. The van der Waals surface area contributed by atoms with Crippen molar-refractivity contribution >= 4 is 0 Å². The standard InChI is InChI=1S/C22H24F4O/c1-14-3-7-16(8-4-14)13-27-19-12-11-18(17-9-5-15(2)6-10-17)21(23)20(19)22(24,25)26/h5-6,9-12,14,16H,3-4,7-8,13H2,1-2H3. The molecule has 27 heavy (non-hydrogen) atoms. The summed E-state index contributed by atoms with van der Waals surface area (Å²) in [5, 5.41) is 0. The number of alkyl halides is 3. The Kier molecular flexibility index (Phi) is 5.78. The van der Waals surface area contributed by atoms with Gasteiger partial charge in [0.25, 0.3) is 0 Å². The van der Waals surface area contributed by atoms with Crippen LogP contribution in [0, 0.1) is 24.6 Å². The van der Waals surface area contributed by atoms with Crippen LogP contribution in [-0.4, -0.2) is 6.61 Å². The molecule has 1 saturated carbocycles. The van der Waals surface area contributed by atoms with Crippen molar-refractivity contribution in [3.63, 3.8) is 0 Å². The maximum atomic E-state index is 14.8. The lowest BCUT2D eigenvalue weighted by Crippen LogP contribution is -2.20. The van der Waals surface area contributed by atoms with E-state index >= 15 is 0 Å². The summed E-state index contributed by atoms with van der Waals surface area (Å²) in [7, 11) is 0. The van der Waals surface area contributed by atoms with Crippen molar-refractivity contribution < 1.29 is 22.3 Å². The molecular formula is C22H24F4O. The van der Waals surface area contributed by atoms with Crippen molar-refractivity contribution in [2.75, 3.05) is 6.61 Å². The molecule has 0 spiro atoms. The fourth-order valence-electron chi connectivity index (χ4n) is 3.60. The van der Waals surface area contributed by atoms with Crippen LogP contribution in [0.5, 0.6) is 5.75 Å². The Bertz CT molecular complexity index is 772. The van der Waals surface area contributed by atoms with E-state index in [2.05, 4.69) is 6.92 Å². The topological polar surface area (TPSA) is 9.23 Å². The van der Waals surface area contributed by atoms with Crippen LogP contribution in [0.1, 0.15) is 43.7 Å². The fourth-order valence-corrected chi connectivity index (χ4v) is 3.60.